The lowest BCUT2D eigenvalue weighted by Crippen LogP contribution is -3.15. The molecule has 0 unspecified atom stereocenters. The van der Waals surface area contributed by atoms with E-state index < -0.39 is 11.8 Å². The van der Waals surface area contributed by atoms with Gasteiger partial charge in [-0.05, 0) is 36.4 Å². The van der Waals surface area contributed by atoms with Gasteiger partial charge in [0, 0.05) is 5.69 Å². The molecule has 1 fully saturated rings. The number of methoxy groups -OCH3 is 1. The lowest BCUT2D eigenvalue weighted by atomic mass is 10.3. The minimum absolute atomic E-state index is 0.0995. The number of carbonyl (C=O) groups is 3. The van der Waals surface area contributed by atoms with Crippen molar-refractivity contribution >= 4 is 23.4 Å². The molecule has 3 rings (SSSR count). The zero-order valence-corrected chi connectivity index (χ0v) is 16.3. The zero-order valence-electron chi connectivity index (χ0n) is 16.3. The maximum atomic E-state index is 12.2. The van der Waals surface area contributed by atoms with Crippen molar-refractivity contribution < 1.29 is 28.4 Å². The highest BCUT2D eigenvalue weighted by Crippen LogP contribution is 2.14. The summed E-state index contributed by atoms with van der Waals surface area (Å²) in [6, 6.07) is 10.1. The minimum atomic E-state index is -0.709. The van der Waals surface area contributed by atoms with Crippen LogP contribution in [0.1, 0.15) is 10.6 Å². The number of furan rings is 1. The number of carbonyl (C=O) groups excluding carboxylic acids is 3. The SMILES string of the molecule is COc1ccc(NC(=O)C(=O)NCC[NH+]2CCN(C(=O)c3ccco3)CC2)cc1. The topological polar surface area (TPSA) is 105 Å². The number of nitrogens with zero attached hydrogens (tertiary/aromatic N) is 1. The normalized spacial score (nSPS) is 14.3. The highest BCUT2D eigenvalue weighted by atomic mass is 16.5. The molecule has 1 aromatic heterocycles. The van der Waals surface area contributed by atoms with Crippen molar-refractivity contribution in [1.82, 2.24) is 10.2 Å². The lowest BCUT2D eigenvalue weighted by Gasteiger charge is -2.31. The van der Waals surface area contributed by atoms with Gasteiger partial charge in [-0.15, -0.1) is 0 Å². The smallest absolute Gasteiger partial charge is 0.313 e. The fourth-order valence-electron chi connectivity index (χ4n) is 3.13. The number of piperazine rings is 1. The van der Waals surface area contributed by atoms with Crippen LogP contribution in [0, 0.1) is 0 Å². The minimum Gasteiger partial charge on any atom is -0.497 e. The van der Waals surface area contributed by atoms with E-state index in [0.717, 1.165) is 13.1 Å². The van der Waals surface area contributed by atoms with E-state index in [0.29, 0.717) is 43.4 Å². The average Bonchev–Trinajstić information content (AvgIpc) is 3.29. The van der Waals surface area contributed by atoms with Crippen molar-refractivity contribution in [3.8, 4) is 5.75 Å². The third-order valence-corrected chi connectivity index (χ3v) is 4.81. The van der Waals surface area contributed by atoms with Gasteiger partial charge in [-0.25, -0.2) is 0 Å². The molecule has 3 N–H and O–H groups in total. The van der Waals surface area contributed by atoms with Crippen LogP contribution in [0.3, 0.4) is 0 Å². The predicted octanol–water partition coefficient (Wildman–Crippen LogP) is -0.616. The highest BCUT2D eigenvalue weighted by Gasteiger charge is 2.25. The fourth-order valence-corrected chi connectivity index (χ4v) is 3.13. The Morgan fingerprint density at radius 2 is 1.83 bits per heavy atom. The Morgan fingerprint density at radius 3 is 2.45 bits per heavy atom. The summed E-state index contributed by atoms with van der Waals surface area (Å²) in [6.07, 6.45) is 1.49. The number of quaternary nitrogens is 1. The van der Waals surface area contributed by atoms with E-state index in [9.17, 15) is 14.4 Å². The molecule has 0 aliphatic carbocycles. The molecule has 0 saturated carbocycles. The number of hydrogen-bond acceptors (Lipinski definition) is 5. The lowest BCUT2D eigenvalue weighted by molar-refractivity contribution is -0.902. The molecule has 1 aliphatic heterocycles. The van der Waals surface area contributed by atoms with Gasteiger partial charge >= 0.3 is 11.8 Å². The summed E-state index contributed by atoms with van der Waals surface area (Å²) in [6.45, 7) is 3.88. The van der Waals surface area contributed by atoms with E-state index in [1.54, 1.807) is 48.4 Å². The van der Waals surface area contributed by atoms with Crippen LogP contribution >= 0.6 is 0 Å². The summed E-state index contributed by atoms with van der Waals surface area (Å²) in [4.78, 5) is 39.2. The standard InChI is InChI=1S/C20H24N4O5/c1-28-16-6-4-15(5-7-16)22-19(26)18(25)21-8-9-23-10-12-24(13-11-23)20(27)17-3-2-14-29-17/h2-7,14H,8-13H2,1H3,(H,21,25)(H,22,26)/p+1. The van der Waals surface area contributed by atoms with Crippen LogP contribution in [0.4, 0.5) is 5.69 Å². The van der Waals surface area contributed by atoms with Gasteiger partial charge in [0.1, 0.15) is 5.75 Å². The average molecular weight is 401 g/mol. The summed E-state index contributed by atoms with van der Waals surface area (Å²) in [5, 5.41) is 5.18. The van der Waals surface area contributed by atoms with Gasteiger partial charge in [-0.1, -0.05) is 0 Å². The van der Waals surface area contributed by atoms with E-state index in [-0.39, 0.29) is 5.91 Å². The van der Waals surface area contributed by atoms with E-state index in [1.807, 2.05) is 0 Å². The highest BCUT2D eigenvalue weighted by molar-refractivity contribution is 6.39. The molecule has 2 aromatic rings. The first-order valence-electron chi connectivity index (χ1n) is 9.46. The van der Waals surface area contributed by atoms with Gasteiger partial charge in [-0.2, -0.15) is 0 Å². The van der Waals surface area contributed by atoms with Crippen molar-refractivity contribution in [3.05, 3.63) is 48.4 Å². The largest absolute Gasteiger partial charge is 0.497 e. The first-order valence-corrected chi connectivity index (χ1v) is 9.46. The zero-order chi connectivity index (χ0) is 20.6. The predicted molar refractivity (Wildman–Crippen MR) is 105 cm³/mol. The maximum Gasteiger partial charge on any atom is 0.313 e. The summed E-state index contributed by atoms with van der Waals surface area (Å²) in [7, 11) is 1.56. The van der Waals surface area contributed by atoms with Crippen LogP contribution < -0.4 is 20.3 Å². The number of nitrogens with one attached hydrogen (secondary N) is 3. The van der Waals surface area contributed by atoms with E-state index >= 15 is 0 Å². The second-order valence-corrected chi connectivity index (χ2v) is 6.71. The molecule has 1 saturated heterocycles. The molecule has 1 aromatic carbocycles. The Kier molecular flexibility index (Phi) is 6.85. The summed E-state index contributed by atoms with van der Waals surface area (Å²) in [5.41, 5.74) is 0.522. The van der Waals surface area contributed by atoms with Gasteiger partial charge in [0.05, 0.1) is 52.6 Å². The summed E-state index contributed by atoms with van der Waals surface area (Å²) < 4.78 is 10.2. The van der Waals surface area contributed by atoms with Crippen LogP contribution in [0.25, 0.3) is 0 Å². The molecule has 29 heavy (non-hydrogen) atoms. The number of anilines is 1. The Bertz CT molecular complexity index is 827. The van der Waals surface area contributed by atoms with Crippen LogP contribution in [-0.4, -0.2) is 69.0 Å². The molecule has 1 aliphatic rings. The quantitative estimate of drug-likeness (QED) is 0.560. The molecule has 2 heterocycles. The van der Waals surface area contributed by atoms with Gasteiger partial charge in [0.2, 0.25) is 0 Å². The number of rotatable bonds is 6. The monoisotopic (exact) mass is 401 g/mol. The van der Waals surface area contributed by atoms with Crippen molar-refractivity contribution in [2.24, 2.45) is 0 Å². The van der Waals surface area contributed by atoms with Crippen molar-refractivity contribution in [3.63, 3.8) is 0 Å². The number of hydrogen-bond donors (Lipinski definition) is 3. The second-order valence-electron chi connectivity index (χ2n) is 6.71. The van der Waals surface area contributed by atoms with E-state index in [2.05, 4.69) is 10.6 Å². The third kappa shape index (κ3) is 5.58. The summed E-state index contributed by atoms with van der Waals surface area (Å²) >= 11 is 0. The summed E-state index contributed by atoms with van der Waals surface area (Å²) in [5.74, 6) is -0.464. The van der Waals surface area contributed by atoms with Gasteiger partial charge in [-0.3, -0.25) is 14.4 Å². The first-order chi connectivity index (χ1) is 14.1. The molecular weight excluding hydrogens is 376 g/mol. The maximum absolute atomic E-state index is 12.2. The molecule has 3 amide bonds. The Morgan fingerprint density at radius 1 is 1.10 bits per heavy atom. The van der Waals surface area contributed by atoms with E-state index in [1.165, 1.54) is 11.2 Å². The Labute approximate surface area is 168 Å². The van der Waals surface area contributed by atoms with Crippen LogP contribution in [-0.2, 0) is 9.59 Å². The van der Waals surface area contributed by atoms with Crippen molar-refractivity contribution in [1.29, 1.82) is 0 Å². The van der Waals surface area contributed by atoms with Crippen molar-refractivity contribution in [2.75, 3.05) is 51.7 Å². The molecule has 0 atom stereocenters. The number of benzene rings is 1. The molecule has 0 radical (unpaired) electrons. The van der Waals surface area contributed by atoms with Crippen LogP contribution in [0.5, 0.6) is 5.75 Å². The van der Waals surface area contributed by atoms with E-state index in [4.69, 9.17) is 9.15 Å². The van der Waals surface area contributed by atoms with Gasteiger partial charge in [0.25, 0.3) is 5.91 Å². The van der Waals surface area contributed by atoms with Crippen molar-refractivity contribution in [2.45, 2.75) is 0 Å². The molecule has 0 bridgehead atoms. The second kappa shape index (κ2) is 9.74. The molecular formula is C20H25N4O5+. The van der Waals surface area contributed by atoms with Crippen LogP contribution in [0.2, 0.25) is 0 Å². The molecule has 154 valence electrons. The molecule has 0 spiro atoms. The fraction of sp³-hybridized carbons (Fsp3) is 0.350. The Hall–Kier alpha value is -3.33. The van der Waals surface area contributed by atoms with Gasteiger partial charge < -0.3 is 29.6 Å². The number of amides is 3. The third-order valence-electron chi connectivity index (χ3n) is 4.81. The Balaban J connectivity index is 1.35. The number of ether oxygens (including phenoxy) is 1. The van der Waals surface area contributed by atoms with Gasteiger partial charge in [0.15, 0.2) is 5.76 Å². The molecule has 9 nitrogen and oxygen atoms in total. The molecule has 9 heteroatoms. The first kappa shape index (κ1) is 20.4. The van der Waals surface area contributed by atoms with Crippen LogP contribution in [0.15, 0.2) is 47.1 Å².